The molecule has 1 heterocycles. The van der Waals surface area contributed by atoms with Crippen molar-refractivity contribution in [3.05, 3.63) is 40.4 Å². The van der Waals surface area contributed by atoms with Crippen LogP contribution < -0.4 is 10.1 Å². The molecule has 4 nitrogen and oxygen atoms in total. The highest BCUT2D eigenvalue weighted by Gasteiger charge is 2.27. The van der Waals surface area contributed by atoms with Crippen molar-refractivity contribution in [2.45, 2.75) is 39.2 Å². The summed E-state index contributed by atoms with van der Waals surface area (Å²) >= 11 is 1.47. The largest absolute Gasteiger partial charge is 0.497 e. The van der Waals surface area contributed by atoms with Gasteiger partial charge in [0, 0.05) is 5.41 Å². The smallest absolute Gasteiger partial charge is 0.118 e. The minimum atomic E-state index is -0.0114. The van der Waals surface area contributed by atoms with E-state index < -0.39 is 0 Å². The molecule has 1 aromatic heterocycles. The van der Waals surface area contributed by atoms with Crippen molar-refractivity contribution in [3.63, 3.8) is 0 Å². The lowest BCUT2D eigenvalue weighted by Crippen LogP contribution is -2.25. The van der Waals surface area contributed by atoms with Gasteiger partial charge in [-0.1, -0.05) is 44.3 Å². The first-order valence-electron chi connectivity index (χ1n) is 7.17. The maximum atomic E-state index is 5.24. The van der Waals surface area contributed by atoms with Gasteiger partial charge in [0.15, 0.2) is 0 Å². The third-order valence-corrected chi connectivity index (χ3v) is 4.13. The number of methoxy groups -OCH3 is 1. The number of ether oxygens (including phenoxy) is 1. The van der Waals surface area contributed by atoms with Gasteiger partial charge in [0.05, 0.1) is 23.7 Å². The van der Waals surface area contributed by atoms with E-state index in [1.807, 2.05) is 12.1 Å². The minimum Gasteiger partial charge on any atom is -0.497 e. The van der Waals surface area contributed by atoms with E-state index in [4.69, 9.17) is 4.74 Å². The fourth-order valence-corrected chi connectivity index (χ4v) is 3.24. The van der Waals surface area contributed by atoms with Gasteiger partial charge < -0.3 is 10.1 Å². The standard InChI is InChI=1S/C16H23N3OS/c1-6-17-13(11-7-9-12(20-5)10-8-11)14-15(16(2,3)4)18-19-21-14/h7-10,13,17H,6H2,1-5H3. The van der Waals surface area contributed by atoms with Crippen molar-refractivity contribution >= 4 is 11.5 Å². The molecule has 114 valence electrons. The average Bonchev–Trinajstić information content (AvgIpc) is 2.94. The molecule has 5 heteroatoms. The van der Waals surface area contributed by atoms with Crippen LogP contribution in [-0.4, -0.2) is 23.2 Å². The lowest BCUT2D eigenvalue weighted by molar-refractivity contribution is 0.414. The van der Waals surface area contributed by atoms with Crippen LogP contribution in [0.5, 0.6) is 5.75 Å². The zero-order valence-electron chi connectivity index (χ0n) is 13.3. The van der Waals surface area contributed by atoms with Crippen LogP contribution in [0.1, 0.15) is 49.9 Å². The normalized spacial score (nSPS) is 13.2. The molecule has 0 amide bonds. The fraction of sp³-hybridized carbons (Fsp3) is 0.500. The van der Waals surface area contributed by atoms with Gasteiger partial charge >= 0.3 is 0 Å². The molecular formula is C16H23N3OS. The van der Waals surface area contributed by atoms with Gasteiger partial charge in [-0.2, -0.15) is 0 Å². The van der Waals surface area contributed by atoms with Crippen LogP contribution in [0.3, 0.4) is 0 Å². The summed E-state index contributed by atoms with van der Waals surface area (Å²) in [7, 11) is 1.68. The van der Waals surface area contributed by atoms with E-state index in [-0.39, 0.29) is 11.5 Å². The van der Waals surface area contributed by atoms with E-state index in [0.717, 1.165) is 18.0 Å². The van der Waals surface area contributed by atoms with Gasteiger partial charge in [-0.15, -0.1) is 5.10 Å². The van der Waals surface area contributed by atoms with Crippen LogP contribution in [0.15, 0.2) is 24.3 Å². The Labute approximate surface area is 130 Å². The summed E-state index contributed by atoms with van der Waals surface area (Å²) in [4.78, 5) is 1.19. The van der Waals surface area contributed by atoms with E-state index in [0.29, 0.717) is 0 Å². The maximum absolute atomic E-state index is 5.24. The number of rotatable bonds is 5. The van der Waals surface area contributed by atoms with Gasteiger partial charge in [0.2, 0.25) is 0 Å². The zero-order valence-corrected chi connectivity index (χ0v) is 14.1. The molecule has 2 aromatic rings. The molecule has 0 aliphatic heterocycles. The third-order valence-electron chi connectivity index (χ3n) is 3.34. The molecule has 1 unspecified atom stereocenters. The molecule has 0 fully saturated rings. The predicted octanol–water partition coefficient (Wildman–Crippen LogP) is 3.54. The number of hydrogen-bond donors (Lipinski definition) is 1. The summed E-state index contributed by atoms with van der Waals surface area (Å²) in [6.45, 7) is 9.51. The first-order chi connectivity index (χ1) is 9.97. The molecule has 0 saturated heterocycles. The Kier molecular flexibility index (Phi) is 4.96. The molecule has 0 saturated carbocycles. The Morgan fingerprint density at radius 2 is 1.90 bits per heavy atom. The van der Waals surface area contributed by atoms with E-state index in [9.17, 15) is 0 Å². The molecule has 0 radical (unpaired) electrons. The van der Waals surface area contributed by atoms with Crippen LogP contribution in [-0.2, 0) is 5.41 Å². The van der Waals surface area contributed by atoms with Crippen LogP contribution in [0.25, 0.3) is 0 Å². The van der Waals surface area contributed by atoms with Gasteiger partial charge in [0.25, 0.3) is 0 Å². The highest BCUT2D eigenvalue weighted by molar-refractivity contribution is 7.05. The molecule has 0 aliphatic rings. The van der Waals surface area contributed by atoms with E-state index in [1.165, 1.54) is 22.0 Å². The number of nitrogens with one attached hydrogen (secondary N) is 1. The highest BCUT2D eigenvalue weighted by atomic mass is 32.1. The second kappa shape index (κ2) is 6.54. The molecule has 1 atom stereocenters. The van der Waals surface area contributed by atoms with Crippen molar-refractivity contribution in [2.24, 2.45) is 0 Å². The summed E-state index contributed by atoms with van der Waals surface area (Å²) < 4.78 is 9.41. The van der Waals surface area contributed by atoms with Crippen molar-refractivity contribution in [1.82, 2.24) is 14.9 Å². The van der Waals surface area contributed by atoms with Crippen LogP contribution >= 0.6 is 11.5 Å². The SMILES string of the molecule is CCNC(c1ccc(OC)cc1)c1snnc1C(C)(C)C. The quantitative estimate of drug-likeness (QED) is 0.918. The monoisotopic (exact) mass is 305 g/mol. The van der Waals surface area contributed by atoms with Crippen LogP contribution in [0, 0.1) is 0 Å². The minimum absolute atomic E-state index is 0.0114. The molecule has 1 N–H and O–H groups in total. The van der Waals surface area contributed by atoms with Crippen LogP contribution in [0.2, 0.25) is 0 Å². The summed E-state index contributed by atoms with van der Waals surface area (Å²) in [6, 6.07) is 8.29. The molecule has 0 bridgehead atoms. The van der Waals surface area contributed by atoms with E-state index in [2.05, 4.69) is 54.7 Å². The second-order valence-corrected chi connectivity index (χ2v) is 6.79. The van der Waals surface area contributed by atoms with E-state index in [1.54, 1.807) is 7.11 Å². The van der Waals surface area contributed by atoms with Crippen molar-refractivity contribution < 1.29 is 4.74 Å². The average molecular weight is 305 g/mol. The fourth-order valence-electron chi connectivity index (χ4n) is 2.27. The number of aromatic nitrogens is 2. The van der Waals surface area contributed by atoms with Gasteiger partial charge in [-0.3, -0.25) is 0 Å². The summed E-state index contributed by atoms with van der Waals surface area (Å²) in [5.74, 6) is 0.868. The van der Waals surface area contributed by atoms with Crippen molar-refractivity contribution in [2.75, 3.05) is 13.7 Å². The first-order valence-corrected chi connectivity index (χ1v) is 7.94. The Hall–Kier alpha value is -1.46. The highest BCUT2D eigenvalue weighted by Crippen LogP contribution is 2.34. The zero-order chi connectivity index (χ0) is 15.5. The molecule has 0 spiro atoms. The Morgan fingerprint density at radius 3 is 2.43 bits per heavy atom. The molecule has 2 rings (SSSR count). The third kappa shape index (κ3) is 3.60. The summed E-state index contributed by atoms with van der Waals surface area (Å²) in [6.07, 6.45) is 0. The molecular weight excluding hydrogens is 282 g/mol. The van der Waals surface area contributed by atoms with Crippen LogP contribution in [0.4, 0.5) is 0 Å². The Morgan fingerprint density at radius 1 is 1.24 bits per heavy atom. The Balaban J connectivity index is 2.41. The second-order valence-electron chi connectivity index (χ2n) is 6.00. The summed E-state index contributed by atoms with van der Waals surface area (Å²) in [5.41, 5.74) is 2.26. The molecule has 21 heavy (non-hydrogen) atoms. The van der Waals surface area contributed by atoms with Gasteiger partial charge in [-0.25, -0.2) is 0 Å². The maximum Gasteiger partial charge on any atom is 0.118 e. The van der Waals surface area contributed by atoms with E-state index >= 15 is 0 Å². The van der Waals surface area contributed by atoms with Crippen molar-refractivity contribution in [3.8, 4) is 5.75 Å². The summed E-state index contributed by atoms with van der Waals surface area (Å²) in [5, 5.41) is 7.89. The lowest BCUT2D eigenvalue weighted by atomic mass is 9.89. The Bertz CT molecular complexity index is 572. The predicted molar refractivity (Wildman–Crippen MR) is 87.1 cm³/mol. The first kappa shape index (κ1) is 15.9. The van der Waals surface area contributed by atoms with Gasteiger partial charge in [0.1, 0.15) is 5.75 Å². The topological polar surface area (TPSA) is 47.0 Å². The lowest BCUT2D eigenvalue weighted by Gasteiger charge is -2.22. The number of nitrogens with zero attached hydrogens (tertiary/aromatic N) is 2. The molecule has 1 aromatic carbocycles. The van der Waals surface area contributed by atoms with Gasteiger partial charge in [-0.05, 0) is 35.8 Å². The number of benzene rings is 1. The number of hydrogen-bond acceptors (Lipinski definition) is 5. The van der Waals surface area contributed by atoms with Crippen molar-refractivity contribution in [1.29, 1.82) is 0 Å². The molecule has 0 aliphatic carbocycles.